The summed E-state index contributed by atoms with van der Waals surface area (Å²) in [6, 6.07) is 0. The minimum Gasteiger partial charge on any atom is -0.465 e. The molecule has 1 unspecified atom stereocenters. The number of hydrogen-bond donors (Lipinski definition) is 0. The van der Waals surface area contributed by atoms with Crippen molar-refractivity contribution in [3.8, 4) is 0 Å². The van der Waals surface area contributed by atoms with E-state index in [1.54, 1.807) is 13.8 Å². The van der Waals surface area contributed by atoms with Crippen LogP contribution >= 0.6 is 11.8 Å². The number of esters is 1. The molecule has 0 saturated carbocycles. The zero-order valence-corrected chi connectivity index (χ0v) is 9.84. The number of carbonyl (C=O) groups excluding carboxylic acids is 1. The summed E-state index contributed by atoms with van der Waals surface area (Å²) in [7, 11) is 0. The van der Waals surface area contributed by atoms with E-state index in [2.05, 4.69) is 10.2 Å². The molecule has 0 aliphatic carbocycles. The Morgan fingerprint density at radius 1 is 1.60 bits per heavy atom. The Morgan fingerprint density at radius 3 is 2.87 bits per heavy atom. The van der Waals surface area contributed by atoms with Crippen molar-refractivity contribution in [1.29, 1.82) is 0 Å². The van der Waals surface area contributed by atoms with Crippen molar-refractivity contribution in [2.75, 3.05) is 12.4 Å². The first kappa shape index (κ1) is 12.0. The van der Waals surface area contributed by atoms with E-state index in [0.29, 0.717) is 24.1 Å². The van der Waals surface area contributed by atoms with Gasteiger partial charge < -0.3 is 9.15 Å². The molecule has 0 fully saturated rings. The minimum absolute atomic E-state index is 0.00982. The first-order valence-electron chi connectivity index (χ1n) is 4.70. The number of carbonyl (C=O) groups is 1. The van der Waals surface area contributed by atoms with Crippen LogP contribution in [0.3, 0.4) is 0 Å². The zero-order valence-electron chi connectivity index (χ0n) is 9.02. The highest BCUT2D eigenvalue weighted by Gasteiger charge is 2.15. The molecule has 0 aromatic carbocycles. The van der Waals surface area contributed by atoms with Crippen molar-refractivity contribution in [3.05, 3.63) is 11.8 Å². The van der Waals surface area contributed by atoms with Crippen LogP contribution in [0.2, 0.25) is 0 Å². The zero-order chi connectivity index (χ0) is 11.3. The lowest BCUT2D eigenvalue weighted by molar-refractivity contribution is -0.139. The third kappa shape index (κ3) is 3.91. The molecule has 0 radical (unpaired) electrons. The number of hydrogen-bond acceptors (Lipinski definition) is 6. The average molecular weight is 230 g/mol. The normalized spacial score (nSPS) is 12.5. The average Bonchev–Trinajstić information content (AvgIpc) is 2.62. The summed E-state index contributed by atoms with van der Waals surface area (Å²) >= 11 is 1.42. The fraction of sp³-hybridized carbons (Fsp3) is 0.667. The molecule has 1 aromatic rings. The number of aryl methyl sites for hydroxylation is 1. The van der Waals surface area contributed by atoms with Gasteiger partial charge in [-0.1, -0.05) is 0 Å². The standard InChI is InChI=1S/C9H14N2O3S/c1-4-13-8(12)5-15-6(2)9-11-10-7(3)14-9/h6H,4-5H2,1-3H3. The Hall–Kier alpha value is -1.04. The van der Waals surface area contributed by atoms with Crippen molar-refractivity contribution >= 4 is 17.7 Å². The number of nitrogens with zero attached hydrogens (tertiary/aromatic N) is 2. The van der Waals surface area contributed by atoms with Crippen molar-refractivity contribution in [3.63, 3.8) is 0 Å². The second-order valence-corrected chi connectivity index (χ2v) is 4.25. The molecule has 0 N–H and O–H groups in total. The third-order valence-electron chi connectivity index (χ3n) is 1.65. The molecule has 0 amide bonds. The van der Waals surface area contributed by atoms with Crippen LogP contribution in [0.25, 0.3) is 0 Å². The first-order chi connectivity index (χ1) is 7.13. The molecule has 0 aliphatic rings. The number of aromatic nitrogens is 2. The second-order valence-electron chi connectivity index (χ2n) is 2.92. The van der Waals surface area contributed by atoms with Crippen molar-refractivity contribution in [2.45, 2.75) is 26.0 Å². The topological polar surface area (TPSA) is 65.2 Å². The largest absolute Gasteiger partial charge is 0.465 e. The van der Waals surface area contributed by atoms with Gasteiger partial charge in [-0.15, -0.1) is 22.0 Å². The van der Waals surface area contributed by atoms with Crippen LogP contribution < -0.4 is 0 Å². The van der Waals surface area contributed by atoms with Crippen molar-refractivity contribution < 1.29 is 13.9 Å². The molecule has 0 bridgehead atoms. The van der Waals surface area contributed by atoms with Crippen LogP contribution in [0.4, 0.5) is 0 Å². The quantitative estimate of drug-likeness (QED) is 0.718. The van der Waals surface area contributed by atoms with Gasteiger partial charge in [0.1, 0.15) is 0 Å². The summed E-state index contributed by atoms with van der Waals surface area (Å²) < 4.78 is 10.0. The Labute approximate surface area is 92.6 Å². The van der Waals surface area contributed by atoms with E-state index >= 15 is 0 Å². The highest BCUT2D eigenvalue weighted by Crippen LogP contribution is 2.26. The maximum absolute atomic E-state index is 11.1. The Kier molecular flexibility index (Phi) is 4.61. The third-order valence-corrected chi connectivity index (χ3v) is 2.75. The van der Waals surface area contributed by atoms with Gasteiger partial charge in [0.2, 0.25) is 11.8 Å². The van der Waals surface area contributed by atoms with Crippen LogP contribution in [-0.2, 0) is 9.53 Å². The SMILES string of the molecule is CCOC(=O)CSC(C)c1nnc(C)o1. The van der Waals surface area contributed by atoms with Gasteiger partial charge in [-0.05, 0) is 13.8 Å². The molecular weight excluding hydrogens is 216 g/mol. The summed E-state index contributed by atoms with van der Waals surface area (Å²) in [6.07, 6.45) is 0. The van der Waals surface area contributed by atoms with E-state index in [-0.39, 0.29) is 11.2 Å². The Bertz CT molecular complexity index is 327. The molecule has 1 rings (SSSR count). The van der Waals surface area contributed by atoms with Gasteiger partial charge in [0.05, 0.1) is 17.6 Å². The van der Waals surface area contributed by atoms with Crippen LogP contribution in [-0.4, -0.2) is 28.5 Å². The maximum atomic E-state index is 11.1. The Morgan fingerprint density at radius 2 is 2.33 bits per heavy atom. The van der Waals surface area contributed by atoms with Gasteiger partial charge in [-0.2, -0.15) is 0 Å². The minimum atomic E-state index is -0.217. The molecule has 1 aromatic heterocycles. The summed E-state index contributed by atoms with van der Waals surface area (Å²) in [6.45, 7) is 5.84. The molecule has 0 saturated heterocycles. The lowest BCUT2D eigenvalue weighted by Gasteiger charge is -2.05. The van der Waals surface area contributed by atoms with E-state index in [9.17, 15) is 4.79 Å². The predicted molar refractivity (Wildman–Crippen MR) is 56.5 cm³/mol. The second kappa shape index (κ2) is 5.75. The van der Waals surface area contributed by atoms with Crippen molar-refractivity contribution in [2.24, 2.45) is 0 Å². The van der Waals surface area contributed by atoms with E-state index in [4.69, 9.17) is 9.15 Å². The first-order valence-corrected chi connectivity index (χ1v) is 5.75. The lowest BCUT2D eigenvalue weighted by Crippen LogP contribution is -2.07. The van der Waals surface area contributed by atoms with Crippen LogP contribution in [0, 0.1) is 6.92 Å². The molecule has 84 valence electrons. The van der Waals surface area contributed by atoms with E-state index in [1.807, 2.05) is 6.92 Å². The van der Waals surface area contributed by atoms with Gasteiger partial charge in [0.15, 0.2) is 0 Å². The molecule has 1 heterocycles. The number of rotatable bonds is 5. The molecule has 0 spiro atoms. The summed E-state index contributed by atoms with van der Waals surface area (Å²) in [4.78, 5) is 11.1. The molecule has 0 aliphatic heterocycles. The molecule has 15 heavy (non-hydrogen) atoms. The fourth-order valence-corrected chi connectivity index (χ4v) is 1.65. The van der Waals surface area contributed by atoms with Crippen LogP contribution in [0.5, 0.6) is 0 Å². The van der Waals surface area contributed by atoms with E-state index in [1.165, 1.54) is 11.8 Å². The summed E-state index contributed by atoms with van der Waals surface area (Å²) in [5.41, 5.74) is 0. The fourth-order valence-electron chi connectivity index (χ4n) is 0.943. The summed E-state index contributed by atoms with van der Waals surface area (Å²) in [5, 5.41) is 7.61. The van der Waals surface area contributed by atoms with Gasteiger partial charge in [0.25, 0.3) is 0 Å². The predicted octanol–water partition coefficient (Wildman–Crippen LogP) is 1.74. The van der Waals surface area contributed by atoms with Crippen LogP contribution in [0.15, 0.2) is 4.42 Å². The van der Waals surface area contributed by atoms with E-state index < -0.39 is 0 Å². The highest BCUT2D eigenvalue weighted by atomic mass is 32.2. The van der Waals surface area contributed by atoms with E-state index in [0.717, 1.165) is 0 Å². The monoisotopic (exact) mass is 230 g/mol. The van der Waals surface area contributed by atoms with Crippen LogP contribution in [0.1, 0.15) is 30.9 Å². The molecular formula is C9H14N2O3S. The van der Waals surface area contributed by atoms with Gasteiger partial charge in [0, 0.05) is 6.92 Å². The van der Waals surface area contributed by atoms with Gasteiger partial charge >= 0.3 is 5.97 Å². The Balaban J connectivity index is 2.36. The number of ether oxygens (including phenoxy) is 1. The van der Waals surface area contributed by atoms with Gasteiger partial charge in [-0.25, -0.2) is 0 Å². The molecule has 5 nitrogen and oxygen atoms in total. The summed E-state index contributed by atoms with van der Waals surface area (Å²) in [5.74, 6) is 1.16. The lowest BCUT2D eigenvalue weighted by atomic mass is 10.5. The highest BCUT2D eigenvalue weighted by molar-refractivity contribution is 8.00. The maximum Gasteiger partial charge on any atom is 0.315 e. The molecule has 1 atom stereocenters. The number of thioether (sulfide) groups is 1. The van der Waals surface area contributed by atoms with Gasteiger partial charge in [-0.3, -0.25) is 4.79 Å². The smallest absolute Gasteiger partial charge is 0.315 e. The molecule has 6 heteroatoms. The van der Waals surface area contributed by atoms with Crippen molar-refractivity contribution in [1.82, 2.24) is 10.2 Å².